The van der Waals surface area contributed by atoms with Crippen LogP contribution in [0.1, 0.15) is 55.5 Å². The average Bonchev–Trinajstić information content (AvgIpc) is 2.81. The number of thiazole rings is 1. The molecule has 1 heterocycles. The van der Waals surface area contributed by atoms with Crippen LogP contribution in [0.3, 0.4) is 0 Å². The zero-order valence-corrected chi connectivity index (χ0v) is 9.90. The Morgan fingerprint density at radius 2 is 2.14 bits per heavy atom. The van der Waals surface area contributed by atoms with Crippen LogP contribution in [0, 0.1) is 0 Å². The molecule has 2 rings (SSSR count). The minimum atomic E-state index is 0.479. The number of rotatable bonds is 4. The first-order chi connectivity index (χ1) is 6.66. The minimum Gasteiger partial charge on any atom is -0.307 e. The summed E-state index contributed by atoms with van der Waals surface area (Å²) in [6.45, 7) is 6.62. The molecule has 0 bridgehead atoms. The van der Waals surface area contributed by atoms with E-state index in [0.717, 1.165) is 6.04 Å². The van der Waals surface area contributed by atoms with Crippen LogP contribution in [-0.2, 0) is 0 Å². The molecule has 0 saturated heterocycles. The molecule has 1 aromatic heterocycles. The van der Waals surface area contributed by atoms with Gasteiger partial charge in [-0.3, -0.25) is 0 Å². The van der Waals surface area contributed by atoms with E-state index < -0.39 is 0 Å². The predicted molar refractivity (Wildman–Crippen MR) is 60.8 cm³/mol. The van der Waals surface area contributed by atoms with Gasteiger partial charge in [0.1, 0.15) is 0 Å². The Bertz CT molecular complexity index is 302. The highest BCUT2D eigenvalue weighted by molar-refractivity contribution is 7.11. The minimum absolute atomic E-state index is 0.479. The van der Waals surface area contributed by atoms with Gasteiger partial charge in [0.25, 0.3) is 0 Å². The van der Waals surface area contributed by atoms with Crippen molar-refractivity contribution < 1.29 is 0 Å². The van der Waals surface area contributed by atoms with Gasteiger partial charge in [0.2, 0.25) is 0 Å². The second-order valence-corrected chi connectivity index (χ2v) is 5.51. The maximum absolute atomic E-state index is 4.44. The maximum Gasteiger partial charge on any atom is 0.0953 e. The van der Waals surface area contributed by atoms with E-state index in [2.05, 4.69) is 31.1 Å². The lowest BCUT2D eigenvalue weighted by Gasteiger charge is -2.09. The van der Waals surface area contributed by atoms with Crippen LogP contribution in [0.2, 0.25) is 0 Å². The summed E-state index contributed by atoms with van der Waals surface area (Å²) in [7, 11) is 0. The van der Waals surface area contributed by atoms with Gasteiger partial charge in [-0.25, -0.2) is 4.98 Å². The molecule has 78 valence electrons. The van der Waals surface area contributed by atoms with E-state index in [1.54, 1.807) is 0 Å². The third kappa shape index (κ3) is 2.34. The van der Waals surface area contributed by atoms with E-state index in [1.807, 2.05) is 17.5 Å². The summed E-state index contributed by atoms with van der Waals surface area (Å²) < 4.78 is 0. The van der Waals surface area contributed by atoms with Gasteiger partial charge in [-0.2, -0.15) is 0 Å². The third-order valence-corrected chi connectivity index (χ3v) is 4.01. The van der Waals surface area contributed by atoms with Gasteiger partial charge < -0.3 is 5.32 Å². The Morgan fingerprint density at radius 1 is 1.43 bits per heavy atom. The van der Waals surface area contributed by atoms with Crippen molar-refractivity contribution in [2.24, 2.45) is 0 Å². The maximum atomic E-state index is 4.44. The van der Waals surface area contributed by atoms with E-state index in [-0.39, 0.29) is 0 Å². The zero-order chi connectivity index (χ0) is 10.1. The molecule has 0 aliphatic heterocycles. The fraction of sp³-hybridized carbons (Fsp3) is 0.727. The molecule has 1 unspecified atom stereocenters. The summed E-state index contributed by atoms with van der Waals surface area (Å²) in [6.07, 6.45) is 4.72. The molecule has 14 heavy (non-hydrogen) atoms. The Balaban J connectivity index is 1.99. The molecule has 0 radical (unpaired) electrons. The van der Waals surface area contributed by atoms with Crippen molar-refractivity contribution in [2.75, 3.05) is 0 Å². The number of nitrogens with one attached hydrogen (secondary N) is 1. The van der Waals surface area contributed by atoms with Crippen LogP contribution in [0.4, 0.5) is 0 Å². The van der Waals surface area contributed by atoms with Gasteiger partial charge in [0.15, 0.2) is 0 Å². The molecule has 0 spiro atoms. The summed E-state index contributed by atoms with van der Waals surface area (Å²) >= 11 is 1.85. The molecule has 0 amide bonds. The Labute approximate surface area is 89.8 Å². The molecule has 1 saturated carbocycles. The molecule has 0 aromatic carbocycles. The highest BCUT2D eigenvalue weighted by atomic mass is 32.1. The molecule has 3 heteroatoms. The number of nitrogens with zero attached hydrogens (tertiary/aromatic N) is 1. The van der Waals surface area contributed by atoms with Crippen molar-refractivity contribution in [3.05, 3.63) is 16.1 Å². The smallest absolute Gasteiger partial charge is 0.0953 e. The van der Waals surface area contributed by atoms with Crippen LogP contribution in [0.25, 0.3) is 0 Å². The molecule has 2 nitrogen and oxygen atoms in total. The van der Waals surface area contributed by atoms with E-state index in [9.17, 15) is 0 Å². The Morgan fingerprint density at radius 3 is 2.64 bits per heavy atom. The highest BCUT2D eigenvalue weighted by Crippen LogP contribution is 2.28. The highest BCUT2D eigenvalue weighted by Gasteiger charge is 2.24. The van der Waals surface area contributed by atoms with Gasteiger partial charge in [-0.05, 0) is 19.8 Å². The fourth-order valence-electron chi connectivity index (χ4n) is 1.45. The van der Waals surface area contributed by atoms with Crippen molar-refractivity contribution in [3.63, 3.8) is 0 Å². The largest absolute Gasteiger partial charge is 0.307 e. The molecule has 1 N–H and O–H groups in total. The molecule has 1 aromatic rings. The van der Waals surface area contributed by atoms with Crippen LogP contribution in [0.15, 0.2) is 6.20 Å². The lowest BCUT2D eigenvalue weighted by Crippen LogP contribution is -2.19. The first kappa shape index (κ1) is 10.1. The summed E-state index contributed by atoms with van der Waals surface area (Å²) in [5, 5.41) is 4.85. The third-order valence-electron chi connectivity index (χ3n) is 2.53. The zero-order valence-electron chi connectivity index (χ0n) is 9.08. The van der Waals surface area contributed by atoms with Gasteiger partial charge in [-0.1, -0.05) is 13.8 Å². The van der Waals surface area contributed by atoms with Gasteiger partial charge in [-0.15, -0.1) is 11.3 Å². The van der Waals surface area contributed by atoms with Crippen LogP contribution in [-0.4, -0.2) is 11.0 Å². The van der Waals surface area contributed by atoms with Crippen LogP contribution in [0.5, 0.6) is 0 Å². The first-order valence-electron chi connectivity index (χ1n) is 5.38. The van der Waals surface area contributed by atoms with E-state index in [0.29, 0.717) is 12.0 Å². The normalized spacial score (nSPS) is 18.9. The molecule has 1 atom stereocenters. The summed E-state index contributed by atoms with van der Waals surface area (Å²) in [5.74, 6) is 0.557. The first-order valence-corrected chi connectivity index (χ1v) is 6.20. The molecular weight excluding hydrogens is 192 g/mol. The standard InChI is InChI=1S/C11H18N2S/c1-7(2)11-12-6-10(14-11)8(3)13-9-4-5-9/h6-9,13H,4-5H2,1-3H3. The van der Waals surface area contributed by atoms with Crippen molar-refractivity contribution in [2.45, 2.75) is 51.6 Å². The van der Waals surface area contributed by atoms with Gasteiger partial charge >= 0.3 is 0 Å². The van der Waals surface area contributed by atoms with Crippen molar-refractivity contribution in [3.8, 4) is 0 Å². The van der Waals surface area contributed by atoms with Crippen LogP contribution < -0.4 is 5.32 Å². The topological polar surface area (TPSA) is 24.9 Å². The van der Waals surface area contributed by atoms with Gasteiger partial charge in [0, 0.05) is 29.1 Å². The summed E-state index contributed by atoms with van der Waals surface area (Å²) in [6, 6.07) is 1.25. The molecule has 1 aliphatic rings. The summed E-state index contributed by atoms with van der Waals surface area (Å²) in [4.78, 5) is 5.82. The molecule has 1 aliphatic carbocycles. The van der Waals surface area contributed by atoms with Crippen LogP contribution >= 0.6 is 11.3 Å². The molecule has 1 fully saturated rings. The number of hydrogen-bond acceptors (Lipinski definition) is 3. The fourth-order valence-corrected chi connectivity index (χ4v) is 2.39. The second-order valence-electron chi connectivity index (χ2n) is 4.42. The lowest BCUT2D eigenvalue weighted by atomic mass is 10.2. The van der Waals surface area contributed by atoms with Crippen molar-refractivity contribution in [1.82, 2.24) is 10.3 Å². The van der Waals surface area contributed by atoms with E-state index in [4.69, 9.17) is 0 Å². The van der Waals surface area contributed by atoms with E-state index in [1.165, 1.54) is 22.7 Å². The average molecular weight is 210 g/mol. The van der Waals surface area contributed by atoms with Gasteiger partial charge in [0.05, 0.1) is 5.01 Å². The molecular formula is C11H18N2S. The van der Waals surface area contributed by atoms with Crippen molar-refractivity contribution in [1.29, 1.82) is 0 Å². The quantitative estimate of drug-likeness (QED) is 0.826. The number of aromatic nitrogens is 1. The second kappa shape index (κ2) is 3.99. The monoisotopic (exact) mass is 210 g/mol. The Kier molecular flexibility index (Phi) is 2.88. The Hall–Kier alpha value is -0.410. The SMILES string of the molecule is CC(C)c1ncc(C(C)NC2CC2)s1. The summed E-state index contributed by atoms with van der Waals surface area (Å²) in [5.41, 5.74) is 0. The lowest BCUT2D eigenvalue weighted by molar-refractivity contribution is 0.578. The van der Waals surface area contributed by atoms with E-state index >= 15 is 0 Å². The van der Waals surface area contributed by atoms with Crippen molar-refractivity contribution >= 4 is 11.3 Å². The number of hydrogen-bond donors (Lipinski definition) is 1. The predicted octanol–water partition coefficient (Wildman–Crippen LogP) is 3.08.